The van der Waals surface area contributed by atoms with Gasteiger partial charge in [0.15, 0.2) is 6.23 Å². The molecule has 1 aromatic heterocycles. The van der Waals surface area contributed by atoms with Crippen molar-refractivity contribution >= 4 is 25.3 Å². The first-order valence-corrected chi connectivity index (χ1v) is 13.0. The first-order valence-electron chi connectivity index (χ1n) is 11.1. The summed E-state index contributed by atoms with van der Waals surface area (Å²) in [5, 5.41) is 23.6. The average Bonchev–Trinajstić information content (AvgIpc) is 3.10. The van der Waals surface area contributed by atoms with Crippen LogP contribution in [0.25, 0.3) is 0 Å². The van der Waals surface area contributed by atoms with Crippen molar-refractivity contribution in [2.45, 2.75) is 45.2 Å². The summed E-state index contributed by atoms with van der Waals surface area (Å²) >= 11 is 5.88. The van der Waals surface area contributed by atoms with Crippen LogP contribution in [0.3, 0.4) is 0 Å². The number of carbonyl (C=O) groups excluding carboxylic acids is 1. The third kappa shape index (κ3) is 6.48. The van der Waals surface area contributed by atoms with E-state index in [1.165, 1.54) is 38.1 Å². The van der Waals surface area contributed by atoms with E-state index in [9.17, 15) is 29.3 Å². The topological polar surface area (TPSA) is 182 Å². The number of nitrogens with zero attached hydrogens (tertiary/aromatic N) is 2. The Hall–Kier alpha value is -2.98. The third-order valence-corrected chi connectivity index (χ3v) is 7.46. The van der Waals surface area contributed by atoms with Crippen LogP contribution in [-0.4, -0.2) is 52.1 Å². The number of hydrogen-bond donors (Lipinski definition) is 3. The minimum Gasteiger partial charge on any atom is -0.465 e. The lowest BCUT2D eigenvalue weighted by Crippen LogP contribution is -2.41. The predicted octanol–water partition coefficient (Wildman–Crippen LogP) is 1.72. The molecule has 0 bridgehead atoms. The monoisotopic (exact) mass is 556 g/mol. The quantitative estimate of drug-likeness (QED) is 0.286. The molecule has 200 valence electrons. The smallest absolute Gasteiger partial charge is 0.459 e. The molecule has 1 aliphatic heterocycles. The highest BCUT2D eigenvalue weighted by atomic mass is 35.5. The molecule has 6 atom stereocenters. The summed E-state index contributed by atoms with van der Waals surface area (Å²) in [6, 6.07) is 7.74. The van der Waals surface area contributed by atoms with Crippen LogP contribution in [0.15, 0.2) is 46.1 Å². The minimum absolute atomic E-state index is 0.0917. The highest BCUT2D eigenvalue weighted by Gasteiger charge is 2.55. The van der Waals surface area contributed by atoms with Gasteiger partial charge in [0.05, 0.1) is 19.3 Å². The van der Waals surface area contributed by atoms with Crippen molar-refractivity contribution in [2.24, 2.45) is 5.41 Å². The molecule has 3 rings (SSSR count). The molecule has 0 saturated carbocycles. The molecule has 15 heteroatoms. The van der Waals surface area contributed by atoms with Crippen LogP contribution in [0.2, 0.25) is 5.02 Å². The molecule has 6 unspecified atom stereocenters. The van der Waals surface area contributed by atoms with Crippen molar-refractivity contribution in [3.63, 3.8) is 0 Å². The second-order valence-electron chi connectivity index (χ2n) is 8.32. The summed E-state index contributed by atoms with van der Waals surface area (Å²) in [6.07, 6.45) is -2.94. The van der Waals surface area contributed by atoms with Gasteiger partial charge in [-0.25, -0.2) is 9.36 Å². The number of benzene rings is 1. The van der Waals surface area contributed by atoms with Gasteiger partial charge in [-0.2, -0.15) is 10.3 Å². The first-order chi connectivity index (χ1) is 17.4. The molecule has 0 radical (unpaired) electrons. The Morgan fingerprint density at radius 3 is 2.65 bits per heavy atom. The van der Waals surface area contributed by atoms with E-state index in [-0.39, 0.29) is 12.4 Å². The number of H-pyrrole nitrogens is 1. The zero-order valence-electron chi connectivity index (χ0n) is 20.1. The molecule has 37 heavy (non-hydrogen) atoms. The predicted molar refractivity (Wildman–Crippen MR) is 130 cm³/mol. The summed E-state index contributed by atoms with van der Waals surface area (Å²) in [6.45, 7) is 3.89. The summed E-state index contributed by atoms with van der Waals surface area (Å²) in [5.41, 5.74) is -3.15. The van der Waals surface area contributed by atoms with E-state index < -0.39 is 61.5 Å². The Bertz CT molecular complexity index is 1320. The Balaban J connectivity index is 1.85. The fourth-order valence-electron chi connectivity index (χ4n) is 3.58. The Morgan fingerprint density at radius 2 is 2.05 bits per heavy atom. The van der Waals surface area contributed by atoms with Crippen molar-refractivity contribution in [1.29, 1.82) is 5.26 Å². The minimum atomic E-state index is -4.31. The fourth-order valence-corrected chi connectivity index (χ4v) is 5.21. The second kappa shape index (κ2) is 11.6. The van der Waals surface area contributed by atoms with E-state index in [0.29, 0.717) is 5.02 Å². The average molecular weight is 557 g/mol. The second-order valence-corrected chi connectivity index (χ2v) is 10.5. The summed E-state index contributed by atoms with van der Waals surface area (Å²) in [5.74, 6) is -0.610. The van der Waals surface area contributed by atoms with E-state index in [4.69, 9.17) is 30.1 Å². The highest BCUT2D eigenvalue weighted by Crippen LogP contribution is 2.48. The van der Waals surface area contributed by atoms with Crippen LogP contribution in [0.4, 0.5) is 0 Å². The summed E-state index contributed by atoms with van der Waals surface area (Å²) < 4.78 is 36.3. The molecule has 1 aliphatic rings. The molecule has 1 aromatic carbocycles. The maximum Gasteiger partial charge on any atom is 0.459 e. The maximum absolute atomic E-state index is 13.6. The van der Waals surface area contributed by atoms with E-state index in [1.54, 1.807) is 6.92 Å². The number of hydrogen-bond acceptors (Lipinski definition) is 10. The number of ether oxygens (including phenoxy) is 2. The molecule has 13 nitrogen and oxygen atoms in total. The van der Waals surface area contributed by atoms with Gasteiger partial charge in [0.25, 0.3) is 5.56 Å². The molecular weight excluding hydrogens is 531 g/mol. The lowest BCUT2D eigenvalue weighted by molar-refractivity contribution is -0.144. The Morgan fingerprint density at radius 1 is 1.38 bits per heavy atom. The zero-order chi connectivity index (χ0) is 27.4. The van der Waals surface area contributed by atoms with Crippen LogP contribution >= 0.6 is 19.3 Å². The van der Waals surface area contributed by atoms with Gasteiger partial charge < -0.3 is 19.1 Å². The number of aromatic amines is 1. The molecule has 0 aliphatic carbocycles. The van der Waals surface area contributed by atoms with E-state index in [1.807, 2.05) is 6.07 Å². The molecule has 0 amide bonds. The van der Waals surface area contributed by atoms with E-state index in [2.05, 4.69) is 10.1 Å². The van der Waals surface area contributed by atoms with Gasteiger partial charge in [0.2, 0.25) is 0 Å². The van der Waals surface area contributed by atoms with Crippen molar-refractivity contribution in [3.8, 4) is 11.8 Å². The van der Waals surface area contributed by atoms with Crippen LogP contribution in [0.5, 0.6) is 5.75 Å². The third-order valence-electron chi connectivity index (χ3n) is 5.57. The number of aliphatic hydroxyl groups excluding tert-OH is 1. The lowest BCUT2D eigenvalue weighted by Gasteiger charge is -2.26. The number of aliphatic hydroxyl groups is 1. The van der Waals surface area contributed by atoms with Gasteiger partial charge >= 0.3 is 19.4 Å². The number of esters is 1. The van der Waals surface area contributed by atoms with Crippen LogP contribution < -0.4 is 20.9 Å². The van der Waals surface area contributed by atoms with E-state index in [0.717, 1.165) is 16.8 Å². The highest BCUT2D eigenvalue weighted by molar-refractivity contribution is 7.52. The van der Waals surface area contributed by atoms with Crippen LogP contribution in [0.1, 0.15) is 27.0 Å². The van der Waals surface area contributed by atoms with Crippen molar-refractivity contribution < 1.29 is 33.0 Å². The lowest BCUT2D eigenvalue weighted by atomic mass is 9.84. The molecule has 1 saturated heterocycles. The largest absolute Gasteiger partial charge is 0.465 e. The Labute approximate surface area is 216 Å². The van der Waals surface area contributed by atoms with Crippen molar-refractivity contribution in [2.75, 3.05) is 13.2 Å². The SMILES string of the molecule is CCOC(=O)C(C)NP(=O)(OCC1OC(n2ccc(=O)[nH]c2=O)C(C)(C#N)C1O)Oc1ccc(Cl)cc1. The number of aromatic nitrogens is 2. The van der Waals surface area contributed by atoms with Gasteiger partial charge in [-0.15, -0.1) is 0 Å². The first kappa shape index (κ1) is 28.6. The van der Waals surface area contributed by atoms with Crippen LogP contribution in [0, 0.1) is 16.7 Å². The number of nitrogens with one attached hydrogen (secondary N) is 2. The van der Waals surface area contributed by atoms with E-state index >= 15 is 0 Å². The fraction of sp³-hybridized carbons (Fsp3) is 0.455. The molecule has 2 heterocycles. The van der Waals surface area contributed by atoms with Crippen LogP contribution in [-0.2, 0) is 23.4 Å². The molecular formula is C22H26ClN4O9P. The summed E-state index contributed by atoms with van der Waals surface area (Å²) in [4.78, 5) is 37.9. The number of nitriles is 1. The van der Waals surface area contributed by atoms with Crippen molar-refractivity contribution in [3.05, 3.63) is 62.4 Å². The molecule has 3 N–H and O–H groups in total. The normalized spacial score (nSPS) is 25.6. The van der Waals surface area contributed by atoms with Gasteiger partial charge in [0.1, 0.15) is 29.4 Å². The number of carbonyl (C=O) groups is 1. The summed E-state index contributed by atoms with van der Waals surface area (Å²) in [7, 11) is -4.31. The molecule has 2 aromatic rings. The Kier molecular flexibility index (Phi) is 8.96. The van der Waals surface area contributed by atoms with Gasteiger partial charge in [-0.3, -0.25) is 23.7 Å². The van der Waals surface area contributed by atoms with Gasteiger partial charge in [-0.05, 0) is 45.0 Å². The zero-order valence-corrected chi connectivity index (χ0v) is 21.8. The molecule has 1 fully saturated rings. The number of rotatable bonds is 10. The maximum atomic E-state index is 13.6. The molecule has 0 spiro atoms. The number of halogens is 1. The van der Waals surface area contributed by atoms with Gasteiger partial charge in [0, 0.05) is 17.3 Å². The van der Waals surface area contributed by atoms with Gasteiger partial charge in [-0.1, -0.05) is 11.6 Å². The van der Waals surface area contributed by atoms with Crippen molar-refractivity contribution in [1.82, 2.24) is 14.6 Å². The standard InChI is InChI=1S/C22H26ClN4O9P/c1-4-33-19(30)13(2)26-37(32,36-15-7-5-14(23)6-8-15)34-11-16-18(29)22(3,12-24)20(35-16)27-10-9-17(28)25-21(27)31/h5-10,13,16,18,20,29H,4,11H2,1-3H3,(H,26,32)(H,25,28,31).